The number of carbonyl (C=O) groups excluding carboxylic acids is 1. The lowest BCUT2D eigenvalue weighted by molar-refractivity contribution is 0.0980. The van der Waals surface area contributed by atoms with Crippen LogP contribution in [0.1, 0.15) is 23.0 Å². The molecule has 0 unspecified atom stereocenters. The Hall–Kier alpha value is -1.55. The molecule has 0 aliphatic heterocycles. The molecule has 0 aliphatic rings. The van der Waals surface area contributed by atoms with Gasteiger partial charge in [-0.05, 0) is 47.5 Å². The van der Waals surface area contributed by atoms with Gasteiger partial charge in [0.2, 0.25) is 0 Å². The van der Waals surface area contributed by atoms with Gasteiger partial charge in [-0.1, -0.05) is 18.2 Å². The highest BCUT2D eigenvalue weighted by Gasteiger charge is 2.20. The van der Waals surface area contributed by atoms with Gasteiger partial charge >= 0.3 is 0 Å². The predicted octanol–water partition coefficient (Wildman–Crippen LogP) is 3.76. The van der Waals surface area contributed by atoms with Crippen molar-refractivity contribution in [2.75, 3.05) is 11.4 Å². The second-order valence-corrected chi connectivity index (χ2v) is 5.41. The van der Waals surface area contributed by atoms with E-state index in [1.165, 1.54) is 0 Å². The van der Waals surface area contributed by atoms with E-state index in [9.17, 15) is 4.79 Å². The Morgan fingerprint density at radius 2 is 2.05 bits per heavy atom. The zero-order valence-electron chi connectivity index (χ0n) is 11.4. The zero-order chi connectivity index (χ0) is 14.0. The number of nitrogens with zero attached hydrogens (tertiary/aromatic N) is 2. The number of anilines is 1. The molecule has 0 saturated carbocycles. The van der Waals surface area contributed by atoms with Crippen molar-refractivity contribution in [2.24, 2.45) is 7.05 Å². The van der Waals surface area contributed by atoms with Crippen LogP contribution in [0.15, 0.2) is 41.0 Å². The molecule has 2 rings (SSSR count). The van der Waals surface area contributed by atoms with Gasteiger partial charge in [-0.25, -0.2) is 0 Å². The summed E-state index contributed by atoms with van der Waals surface area (Å²) < 4.78 is 2.76. The maximum Gasteiger partial charge on any atom is 0.274 e. The number of halogens is 1. The van der Waals surface area contributed by atoms with E-state index in [4.69, 9.17) is 0 Å². The lowest BCUT2D eigenvalue weighted by Gasteiger charge is -2.23. The maximum absolute atomic E-state index is 12.6. The van der Waals surface area contributed by atoms with E-state index in [0.29, 0.717) is 12.2 Å². The molecule has 0 fully saturated rings. The molecule has 1 aromatic heterocycles. The normalized spacial score (nSPS) is 10.5. The van der Waals surface area contributed by atoms with Crippen LogP contribution in [-0.4, -0.2) is 17.0 Å². The Kier molecular flexibility index (Phi) is 4.10. The summed E-state index contributed by atoms with van der Waals surface area (Å²) >= 11 is 3.40. The summed E-state index contributed by atoms with van der Waals surface area (Å²) in [6.07, 6.45) is 1.89. The minimum absolute atomic E-state index is 0.0185. The highest BCUT2D eigenvalue weighted by Crippen LogP contribution is 2.23. The fourth-order valence-electron chi connectivity index (χ4n) is 2.16. The van der Waals surface area contributed by atoms with Gasteiger partial charge in [0.15, 0.2) is 0 Å². The molecule has 0 N–H and O–H groups in total. The summed E-state index contributed by atoms with van der Waals surface area (Å²) in [4.78, 5) is 14.4. The number of rotatable bonds is 3. The van der Waals surface area contributed by atoms with E-state index in [-0.39, 0.29) is 5.91 Å². The van der Waals surface area contributed by atoms with Crippen molar-refractivity contribution >= 4 is 27.5 Å². The smallest absolute Gasteiger partial charge is 0.274 e. The number of benzene rings is 1. The molecule has 2 aromatic rings. The SMILES string of the molecule is CCN(C(=O)c1cc(Br)cn1C)c1ccccc1C. The maximum atomic E-state index is 12.6. The van der Waals surface area contributed by atoms with Gasteiger partial charge < -0.3 is 9.47 Å². The lowest BCUT2D eigenvalue weighted by Crippen LogP contribution is -2.32. The van der Waals surface area contributed by atoms with Gasteiger partial charge in [0.25, 0.3) is 5.91 Å². The number of amides is 1. The van der Waals surface area contributed by atoms with Crippen molar-refractivity contribution in [2.45, 2.75) is 13.8 Å². The fourth-order valence-corrected chi connectivity index (χ4v) is 2.69. The first-order valence-corrected chi connectivity index (χ1v) is 7.03. The first-order valence-electron chi connectivity index (χ1n) is 6.24. The summed E-state index contributed by atoms with van der Waals surface area (Å²) in [5.41, 5.74) is 2.75. The third kappa shape index (κ3) is 2.73. The van der Waals surface area contributed by atoms with Crippen molar-refractivity contribution in [1.29, 1.82) is 0 Å². The molecule has 0 atom stereocenters. The molecule has 0 spiro atoms. The number of hydrogen-bond acceptors (Lipinski definition) is 1. The lowest BCUT2D eigenvalue weighted by atomic mass is 10.1. The Balaban J connectivity index is 2.41. The predicted molar refractivity (Wildman–Crippen MR) is 81.6 cm³/mol. The minimum Gasteiger partial charge on any atom is -0.345 e. The summed E-state index contributed by atoms with van der Waals surface area (Å²) in [5, 5.41) is 0. The van der Waals surface area contributed by atoms with Crippen LogP contribution in [0, 0.1) is 6.92 Å². The van der Waals surface area contributed by atoms with E-state index in [0.717, 1.165) is 15.7 Å². The van der Waals surface area contributed by atoms with Gasteiger partial charge in [-0.3, -0.25) is 4.79 Å². The topological polar surface area (TPSA) is 25.2 Å². The molecule has 1 heterocycles. The molecule has 0 saturated heterocycles. The molecule has 0 radical (unpaired) electrons. The monoisotopic (exact) mass is 320 g/mol. The van der Waals surface area contributed by atoms with Crippen LogP contribution >= 0.6 is 15.9 Å². The quantitative estimate of drug-likeness (QED) is 0.845. The van der Waals surface area contributed by atoms with Crippen LogP contribution in [0.2, 0.25) is 0 Å². The Morgan fingerprint density at radius 3 is 2.58 bits per heavy atom. The third-order valence-corrected chi connectivity index (χ3v) is 3.59. The van der Waals surface area contributed by atoms with E-state index in [1.807, 2.05) is 62.0 Å². The molecule has 19 heavy (non-hydrogen) atoms. The molecular formula is C15H17BrN2O. The van der Waals surface area contributed by atoms with E-state index < -0.39 is 0 Å². The van der Waals surface area contributed by atoms with Gasteiger partial charge in [-0.2, -0.15) is 0 Å². The zero-order valence-corrected chi connectivity index (χ0v) is 12.9. The number of carbonyl (C=O) groups is 1. The second-order valence-electron chi connectivity index (χ2n) is 4.49. The van der Waals surface area contributed by atoms with Crippen molar-refractivity contribution in [3.8, 4) is 0 Å². The largest absolute Gasteiger partial charge is 0.345 e. The summed E-state index contributed by atoms with van der Waals surface area (Å²) in [7, 11) is 1.88. The number of aromatic nitrogens is 1. The number of aryl methyl sites for hydroxylation is 2. The average Bonchev–Trinajstić information content (AvgIpc) is 2.71. The molecule has 3 nitrogen and oxygen atoms in total. The fraction of sp³-hybridized carbons (Fsp3) is 0.267. The van der Waals surface area contributed by atoms with Crippen LogP contribution in [-0.2, 0) is 7.05 Å². The van der Waals surface area contributed by atoms with Crippen molar-refractivity contribution in [3.63, 3.8) is 0 Å². The molecule has 4 heteroatoms. The standard InChI is InChI=1S/C15H17BrN2O/c1-4-18(13-8-6-5-7-11(13)2)15(19)14-9-12(16)10-17(14)3/h5-10H,4H2,1-3H3. The summed E-state index contributed by atoms with van der Waals surface area (Å²) in [6.45, 7) is 4.65. The van der Waals surface area contributed by atoms with Crippen LogP contribution in [0.25, 0.3) is 0 Å². The van der Waals surface area contributed by atoms with E-state index in [2.05, 4.69) is 15.9 Å². The number of hydrogen-bond donors (Lipinski definition) is 0. The molecule has 100 valence electrons. The molecule has 0 bridgehead atoms. The van der Waals surface area contributed by atoms with E-state index >= 15 is 0 Å². The minimum atomic E-state index is 0.0185. The molecule has 1 aromatic carbocycles. The first kappa shape index (κ1) is 13.9. The van der Waals surface area contributed by atoms with Crippen LogP contribution < -0.4 is 4.90 Å². The number of para-hydroxylation sites is 1. The van der Waals surface area contributed by atoms with Crippen LogP contribution in [0.4, 0.5) is 5.69 Å². The summed E-state index contributed by atoms with van der Waals surface area (Å²) in [6, 6.07) is 9.79. The Bertz CT molecular complexity index is 604. The van der Waals surface area contributed by atoms with Crippen molar-refractivity contribution in [1.82, 2.24) is 4.57 Å². The van der Waals surface area contributed by atoms with Gasteiger partial charge in [0.05, 0.1) is 0 Å². The van der Waals surface area contributed by atoms with Crippen molar-refractivity contribution < 1.29 is 4.79 Å². The summed E-state index contributed by atoms with van der Waals surface area (Å²) in [5.74, 6) is 0.0185. The molecule has 1 amide bonds. The van der Waals surface area contributed by atoms with Crippen LogP contribution in [0.5, 0.6) is 0 Å². The average molecular weight is 321 g/mol. The van der Waals surface area contributed by atoms with Crippen LogP contribution in [0.3, 0.4) is 0 Å². The molecule has 0 aliphatic carbocycles. The second kappa shape index (κ2) is 5.61. The van der Waals surface area contributed by atoms with E-state index in [1.54, 1.807) is 4.90 Å². The Morgan fingerprint density at radius 1 is 1.37 bits per heavy atom. The van der Waals surface area contributed by atoms with Gasteiger partial charge in [0.1, 0.15) is 5.69 Å². The molecular weight excluding hydrogens is 304 g/mol. The van der Waals surface area contributed by atoms with Gasteiger partial charge in [0, 0.05) is 29.9 Å². The third-order valence-electron chi connectivity index (χ3n) is 3.16. The Labute approximate surface area is 122 Å². The highest BCUT2D eigenvalue weighted by molar-refractivity contribution is 9.10. The van der Waals surface area contributed by atoms with Crippen molar-refractivity contribution in [3.05, 3.63) is 52.3 Å². The first-order chi connectivity index (χ1) is 9.04. The van der Waals surface area contributed by atoms with Gasteiger partial charge in [-0.15, -0.1) is 0 Å². The highest BCUT2D eigenvalue weighted by atomic mass is 79.9.